The van der Waals surface area contributed by atoms with E-state index in [-0.39, 0.29) is 29.5 Å². The number of carbonyl (C=O) groups excluding carboxylic acids is 2. The van der Waals surface area contributed by atoms with Gasteiger partial charge in [-0.25, -0.2) is 4.79 Å². The summed E-state index contributed by atoms with van der Waals surface area (Å²) in [7, 11) is 1.40. The Kier molecular flexibility index (Phi) is 4.18. The Bertz CT molecular complexity index is 545. The van der Waals surface area contributed by atoms with Gasteiger partial charge >= 0.3 is 5.97 Å². The number of methoxy groups -OCH3 is 1. The topological polar surface area (TPSA) is 43.4 Å². The van der Waals surface area contributed by atoms with E-state index < -0.39 is 0 Å². The molecule has 0 aliphatic heterocycles. The van der Waals surface area contributed by atoms with Gasteiger partial charge in [-0.3, -0.25) is 4.79 Å². The van der Waals surface area contributed by atoms with Gasteiger partial charge in [-0.2, -0.15) is 0 Å². The van der Waals surface area contributed by atoms with Crippen molar-refractivity contribution in [3.05, 3.63) is 11.6 Å². The summed E-state index contributed by atoms with van der Waals surface area (Å²) < 4.78 is 4.85. The quantitative estimate of drug-likeness (QED) is 0.677. The molecule has 4 unspecified atom stereocenters. The largest absolute Gasteiger partial charge is 0.466 e. The number of allylic oxidation sites excluding steroid dienone is 1. The lowest BCUT2D eigenvalue weighted by Gasteiger charge is -2.59. The van der Waals surface area contributed by atoms with Gasteiger partial charge in [0.05, 0.1) is 7.11 Å². The fourth-order valence-electron chi connectivity index (χ4n) is 6.10. The Morgan fingerprint density at radius 1 is 1.22 bits per heavy atom. The molecule has 4 atom stereocenters. The van der Waals surface area contributed by atoms with Crippen molar-refractivity contribution in [1.29, 1.82) is 0 Å². The van der Waals surface area contributed by atoms with E-state index in [4.69, 9.17) is 4.74 Å². The molecule has 3 heteroatoms. The molecule has 3 aliphatic carbocycles. The average molecular weight is 318 g/mol. The molecule has 2 saturated carbocycles. The molecule has 2 fully saturated rings. The number of ketones is 1. The summed E-state index contributed by atoms with van der Waals surface area (Å²) >= 11 is 0. The van der Waals surface area contributed by atoms with Crippen LogP contribution in [0.4, 0.5) is 0 Å². The molecule has 3 aliphatic rings. The first-order chi connectivity index (χ1) is 10.8. The predicted molar refractivity (Wildman–Crippen MR) is 89.8 cm³/mol. The highest BCUT2D eigenvalue weighted by molar-refractivity contribution is 5.97. The Hall–Kier alpha value is -1.12. The highest BCUT2D eigenvalue weighted by Crippen LogP contribution is 2.62. The zero-order valence-electron chi connectivity index (χ0n) is 15.0. The third kappa shape index (κ3) is 2.66. The van der Waals surface area contributed by atoms with Crippen LogP contribution >= 0.6 is 0 Å². The second-order valence-electron chi connectivity index (χ2n) is 8.79. The summed E-state index contributed by atoms with van der Waals surface area (Å²) in [5, 5.41) is 0. The van der Waals surface area contributed by atoms with E-state index in [9.17, 15) is 9.59 Å². The van der Waals surface area contributed by atoms with E-state index in [2.05, 4.69) is 20.8 Å². The summed E-state index contributed by atoms with van der Waals surface area (Å²) in [6.45, 7) is 7.23. The first-order valence-electron chi connectivity index (χ1n) is 9.09. The fourth-order valence-corrected chi connectivity index (χ4v) is 6.10. The van der Waals surface area contributed by atoms with E-state index in [1.807, 2.05) is 6.08 Å². The molecule has 0 bridgehead atoms. The van der Waals surface area contributed by atoms with Crippen LogP contribution in [0.5, 0.6) is 0 Å². The van der Waals surface area contributed by atoms with Gasteiger partial charge < -0.3 is 4.74 Å². The van der Waals surface area contributed by atoms with Crippen LogP contribution in [0.25, 0.3) is 0 Å². The minimum absolute atomic E-state index is 0.128. The van der Waals surface area contributed by atoms with Crippen LogP contribution in [-0.2, 0) is 14.3 Å². The third-order valence-corrected chi connectivity index (χ3v) is 7.22. The Morgan fingerprint density at radius 2 is 1.96 bits per heavy atom. The summed E-state index contributed by atoms with van der Waals surface area (Å²) in [6, 6.07) is 0. The first-order valence-corrected chi connectivity index (χ1v) is 9.09. The van der Waals surface area contributed by atoms with E-state index in [0.717, 1.165) is 19.3 Å². The molecule has 0 radical (unpaired) electrons. The lowest BCUT2D eigenvalue weighted by atomic mass is 9.46. The molecule has 0 spiro atoms. The molecule has 0 saturated heterocycles. The number of hydrogen-bond acceptors (Lipinski definition) is 3. The van der Waals surface area contributed by atoms with Crippen LogP contribution < -0.4 is 0 Å². The molecule has 0 N–H and O–H groups in total. The van der Waals surface area contributed by atoms with E-state index >= 15 is 0 Å². The van der Waals surface area contributed by atoms with Gasteiger partial charge in [0.2, 0.25) is 0 Å². The summed E-state index contributed by atoms with van der Waals surface area (Å²) in [6.07, 6.45) is 9.04. The maximum atomic E-state index is 12.8. The number of fused-ring (bicyclic) bond motifs is 3. The Balaban J connectivity index is 1.94. The van der Waals surface area contributed by atoms with Gasteiger partial charge in [-0.15, -0.1) is 0 Å². The van der Waals surface area contributed by atoms with Crippen LogP contribution in [-0.4, -0.2) is 18.9 Å². The molecule has 0 heterocycles. The van der Waals surface area contributed by atoms with Crippen LogP contribution in [0.2, 0.25) is 0 Å². The van der Waals surface area contributed by atoms with Crippen molar-refractivity contribution >= 4 is 11.8 Å². The average Bonchev–Trinajstić information content (AvgIpc) is 2.66. The van der Waals surface area contributed by atoms with Crippen LogP contribution in [0.1, 0.15) is 65.7 Å². The summed E-state index contributed by atoms with van der Waals surface area (Å²) in [4.78, 5) is 24.7. The molecule has 3 nitrogen and oxygen atoms in total. The highest BCUT2D eigenvalue weighted by Gasteiger charge is 2.55. The first kappa shape index (κ1) is 16.7. The van der Waals surface area contributed by atoms with Crippen molar-refractivity contribution in [3.8, 4) is 0 Å². The van der Waals surface area contributed by atoms with Gasteiger partial charge in [0, 0.05) is 17.9 Å². The minimum atomic E-state index is -0.331. The van der Waals surface area contributed by atoms with E-state index in [1.54, 1.807) is 0 Å². The number of rotatable bonds is 1. The zero-order valence-corrected chi connectivity index (χ0v) is 15.0. The monoisotopic (exact) mass is 318 g/mol. The van der Waals surface area contributed by atoms with Gasteiger partial charge in [0.25, 0.3) is 0 Å². The van der Waals surface area contributed by atoms with Crippen LogP contribution in [0.3, 0.4) is 0 Å². The second-order valence-corrected chi connectivity index (χ2v) is 8.79. The van der Waals surface area contributed by atoms with Crippen molar-refractivity contribution in [2.24, 2.45) is 28.6 Å². The van der Waals surface area contributed by atoms with Crippen molar-refractivity contribution < 1.29 is 14.3 Å². The highest BCUT2D eigenvalue weighted by atomic mass is 16.5. The molecule has 0 amide bonds. The van der Waals surface area contributed by atoms with Crippen molar-refractivity contribution in [3.63, 3.8) is 0 Å². The number of esters is 1. The summed E-state index contributed by atoms with van der Waals surface area (Å²) in [5.74, 6) is 1.12. The van der Waals surface area contributed by atoms with Crippen molar-refractivity contribution in [2.45, 2.75) is 65.7 Å². The van der Waals surface area contributed by atoms with E-state index in [1.165, 1.54) is 26.4 Å². The van der Waals surface area contributed by atoms with Crippen LogP contribution in [0, 0.1) is 28.6 Å². The smallest absolute Gasteiger partial charge is 0.333 e. The maximum absolute atomic E-state index is 12.8. The van der Waals surface area contributed by atoms with Gasteiger partial charge in [0.1, 0.15) is 5.78 Å². The molecular formula is C20H30O3. The lowest BCUT2D eigenvalue weighted by Crippen LogP contribution is -2.52. The van der Waals surface area contributed by atoms with Gasteiger partial charge in [0.15, 0.2) is 0 Å². The molecule has 0 aromatic rings. The van der Waals surface area contributed by atoms with Crippen molar-refractivity contribution in [2.75, 3.05) is 7.11 Å². The molecular weight excluding hydrogens is 288 g/mol. The van der Waals surface area contributed by atoms with E-state index in [0.29, 0.717) is 22.8 Å². The lowest BCUT2D eigenvalue weighted by molar-refractivity contribution is -0.140. The molecule has 23 heavy (non-hydrogen) atoms. The standard InChI is InChI=1S/C20H30O3/c1-19(2)10-5-11-20(3)15-8-6-13(18(22)23-4)12-16(21)14(15)7-9-17(19)20/h6,14-15,17H,5,7-12H2,1-4H3. The fraction of sp³-hybridized carbons (Fsp3) is 0.800. The van der Waals surface area contributed by atoms with Crippen molar-refractivity contribution in [1.82, 2.24) is 0 Å². The zero-order chi connectivity index (χ0) is 16.8. The number of Topliss-reactive ketones (excluding diaryl/α,β-unsaturated/α-hetero) is 1. The maximum Gasteiger partial charge on any atom is 0.333 e. The Morgan fingerprint density at radius 3 is 2.65 bits per heavy atom. The summed E-state index contributed by atoms with van der Waals surface area (Å²) in [5.41, 5.74) is 1.16. The normalized spacial score (nSPS) is 39.6. The number of carbonyl (C=O) groups is 2. The predicted octanol–water partition coefficient (Wildman–Crippen LogP) is 4.31. The second kappa shape index (κ2) is 5.75. The molecule has 3 rings (SSSR count). The SMILES string of the molecule is COC(=O)C1=CCC2C(CCC3C(C)(C)CCCC23C)C(=O)C1. The number of ether oxygens (including phenoxy) is 1. The Labute approximate surface area is 139 Å². The number of hydrogen-bond donors (Lipinski definition) is 0. The molecule has 128 valence electrons. The minimum Gasteiger partial charge on any atom is -0.466 e. The van der Waals surface area contributed by atoms with Crippen LogP contribution in [0.15, 0.2) is 11.6 Å². The molecule has 0 aromatic carbocycles. The van der Waals surface area contributed by atoms with Gasteiger partial charge in [-0.1, -0.05) is 33.3 Å². The molecule has 0 aromatic heterocycles. The van der Waals surface area contributed by atoms with Gasteiger partial charge in [-0.05, 0) is 54.8 Å². The third-order valence-electron chi connectivity index (χ3n) is 7.22.